The average molecular weight is 315 g/mol. The predicted octanol–water partition coefficient (Wildman–Crippen LogP) is 2.48. The summed E-state index contributed by atoms with van der Waals surface area (Å²) in [5.74, 6) is 0.586. The number of halogens is 1. The predicted molar refractivity (Wildman–Crippen MR) is 83.1 cm³/mol. The van der Waals surface area contributed by atoms with E-state index < -0.39 is 0 Å². The summed E-state index contributed by atoms with van der Waals surface area (Å²) in [6.07, 6.45) is 3.81. The first-order valence-corrected chi connectivity index (χ1v) is 7.41. The number of nitrogens with one attached hydrogen (secondary N) is 1. The van der Waals surface area contributed by atoms with Gasteiger partial charge in [-0.25, -0.2) is 4.39 Å². The third kappa shape index (κ3) is 3.81. The molecule has 0 fully saturated rings. The molecule has 0 atom stereocenters. The van der Waals surface area contributed by atoms with Crippen molar-refractivity contribution < 1.29 is 8.91 Å². The molecule has 0 aliphatic heterocycles. The minimum Gasteiger partial charge on any atom is -0.338 e. The molecule has 3 rings (SSSR count). The fraction of sp³-hybridized carbons (Fsp3) is 0.312. The summed E-state index contributed by atoms with van der Waals surface area (Å²) < 4.78 is 20.6. The van der Waals surface area contributed by atoms with Crippen LogP contribution in [0.2, 0.25) is 0 Å². The number of hydrogen-bond donors (Lipinski definition) is 1. The van der Waals surface area contributed by atoms with Crippen LogP contribution in [0.3, 0.4) is 0 Å². The van der Waals surface area contributed by atoms with Crippen molar-refractivity contribution in [2.45, 2.75) is 26.9 Å². The molecule has 23 heavy (non-hydrogen) atoms. The van der Waals surface area contributed by atoms with Crippen molar-refractivity contribution in [1.82, 2.24) is 25.2 Å². The van der Waals surface area contributed by atoms with E-state index in [0.29, 0.717) is 29.4 Å². The second-order valence-corrected chi connectivity index (χ2v) is 5.43. The first kappa shape index (κ1) is 15.4. The summed E-state index contributed by atoms with van der Waals surface area (Å²) in [4.78, 5) is 4.27. The Labute approximate surface area is 133 Å². The Morgan fingerprint density at radius 1 is 1.30 bits per heavy atom. The van der Waals surface area contributed by atoms with Gasteiger partial charge in [-0.05, 0) is 31.0 Å². The number of rotatable bonds is 6. The van der Waals surface area contributed by atoms with E-state index in [0.717, 1.165) is 18.7 Å². The fourth-order valence-corrected chi connectivity index (χ4v) is 2.15. The summed E-state index contributed by atoms with van der Waals surface area (Å²) in [7, 11) is 0. The maximum atomic E-state index is 13.6. The van der Waals surface area contributed by atoms with E-state index in [1.807, 2.05) is 24.0 Å². The Balaban J connectivity index is 1.53. The van der Waals surface area contributed by atoms with Gasteiger partial charge in [0.15, 0.2) is 0 Å². The second kappa shape index (κ2) is 6.70. The van der Waals surface area contributed by atoms with Crippen molar-refractivity contribution in [3.05, 3.63) is 53.4 Å². The van der Waals surface area contributed by atoms with Crippen LogP contribution in [0, 0.1) is 19.7 Å². The Morgan fingerprint density at radius 2 is 2.17 bits per heavy atom. The van der Waals surface area contributed by atoms with Crippen LogP contribution < -0.4 is 5.32 Å². The van der Waals surface area contributed by atoms with Crippen molar-refractivity contribution in [3.63, 3.8) is 0 Å². The smallest absolute Gasteiger partial charge is 0.240 e. The van der Waals surface area contributed by atoms with Crippen LogP contribution in [0.25, 0.3) is 11.4 Å². The lowest BCUT2D eigenvalue weighted by atomic mass is 10.1. The van der Waals surface area contributed by atoms with Crippen LogP contribution in [0.5, 0.6) is 0 Å². The normalized spacial score (nSPS) is 11.1. The molecule has 2 aromatic heterocycles. The van der Waals surface area contributed by atoms with Gasteiger partial charge < -0.3 is 9.84 Å². The van der Waals surface area contributed by atoms with E-state index in [4.69, 9.17) is 4.52 Å². The molecule has 0 saturated carbocycles. The highest BCUT2D eigenvalue weighted by Crippen LogP contribution is 2.18. The SMILES string of the molecule is Cc1cnn(CCNCc2nc(-c3ccc(C)c(F)c3)no2)c1. The molecule has 3 aromatic rings. The third-order valence-corrected chi connectivity index (χ3v) is 3.45. The number of hydrogen-bond acceptors (Lipinski definition) is 5. The average Bonchev–Trinajstić information content (AvgIpc) is 3.16. The highest BCUT2D eigenvalue weighted by Gasteiger charge is 2.10. The zero-order valence-corrected chi connectivity index (χ0v) is 13.1. The van der Waals surface area contributed by atoms with E-state index in [9.17, 15) is 4.39 Å². The number of aryl methyl sites for hydroxylation is 2. The molecule has 0 aliphatic carbocycles. The van der Waals surface area contributed by atoms with Gasteiger partial charge in [-0.3, -0.25) is 4.68 Å². The van der Waals surface area contributed by atoms with Gasteiger partial charge in [0.05, 0.1) is 19.3 Å². The fourth-order valence-electron chi connectivity index (χ4n) is 2.15. The summed E-state index contributed by atoms with van der Waals surface area (Å²) in [6.45, 7) is 5.67. The second-order valence-electron chi connectivity index (χ2n) is 5.43. The van der Waals surface area contributed by atoms with Crippen molar-refractivity contribution in [3.8, 4) is 11.4 Å². The van der Waals surface area contributed by atoms with Gasteiger partial charge in [0, 0.05) is 18.3 Å². The van der Waals surface area contributed by atoms with E-state index in [-0.39, 0.29) is 5.82 Å². The van der Waals surface area contributed by atoms with Gasteiger partial charge in [0.2, 0.25) is 11.7 Å². The van der Waals surface area contributed by atoms with Gasteiger partial charge in [0.1, 0.15) is 5.82 Å². The molecule has 1 aromatic carbocycles. The topological polar surface area (TPSA) is 68.8 Å². The minimum atomic E-state index is -0.276. The lowest BCUT2D eigenvalue weighted by Crippen LogP contribution is -2.19. The maximum Gasteiger partial charge on any atom is 0.240 e. The highest BCUT2D eigenvalue weighted by molar-refractivity contribution is 5.54. The van der Waals surface area contributed by atoms with Crippen molar-refractivity contribution >= 4 is 0 Å². The molecule has 6 nitrogen and oxygen atoms in total. The van der Waals surface area contributed by atoms with E-state index >= 15 is 0 Å². The number of benzene rings is 1. The Bertz CT molecular complexity index is 795. The Morgan fingerprint density at radius 3 is 2.91 bits per heavy atom. The summed E-state index contributed by atoms with van der Waals surface area (Å²) in [5, 5.41) is 11.3. The zero-order valence-electron chi connectivity index (χ0n) is 13.1. The summed E-state index contributed by atoms with van der Waals surface area (Å²) >= 11 is 0. The number of nitrogens with zero attached hydrogens (tertiary/aromatic N) is 4. The van der Waals surface area contributed by atoms with Crippen LogP contribution >= 0.6 is 0 Å². The molecule has 0 aliphatic rings. The van der Waals surface area contributed by atoms with Gasteiger partial charge in [-0.15, -0.1) is 0 Å². The Kier molecular flexibility index (Phi) is 4.47. The summed E-state index contributed by atoms with van der Waals surface area (Å²) in [5.41, 5.74) is 2.33. The van der Waals surface area contributed by atoms with E-state index in [2.05, 4.69) is 20.6 Å². The molecule has 0 unspecified atom stereocenters. The van der Waals surface area contributed by atoms with E-state index in [1.165, 1.54) is 6.07 Å². The lowest BCUT2D eigenvalue weighted by Gasteiger charge is -2.01. The molecule has 2 heterocycles. The van der Waals surface area contributed by atoms with Crippen LogP contribution in [0.1, 0.15) is 17.0 Å². The Hall–Kier alpha value is -2.54. The van der Waals surface area contributed by atoms with Gasteiger partial charge in [-0.1, -0.05) is 17.3 Å². The zero-order chi connectivity index (χ0) is 16.2. The van der Waals surface area contributed by atoms with Crippen molar-refractivity contribution in [2.75, 3.05) is 6.54 Å². The molecule has 7 heteroatoms. The molecule has 0 saturated heterocycles. The lowest BCUT2D eigenvalue weighted by molar-refractivity contribution is 0.365. The first-order valence-electron chi connectivity index (χ1n) is 7.41. The van der Waals surface area contributed by atoms with E-state index in [1.54, 1.807) is 19.1 Å². The van der Waals surface area contributed by atoms with Gasteiger partial charge in [0.25, 0.3) is 0 Å². The monoisotopic (exact) mass is 315 g/mol. The summed E-state index contributed by atoms with van der Waals surface area (Å²) in [6, 6.07) is 4.89. The molecule has 120 valence electrons. The van der Waals surface area contributed by atoms with Crippen molar-refractivity contribution in [1.29, 1.82) is 0 Å². The quantitative estimate of drug-likeness (QED) is 0.708. The van der Waals surface area contributed by atoms with Crippen LogP contribution in [0.15, 0.2) is 35.1 Å². The highest BCUT2D eigenvalue weighted by atomic mass is 19.1. The largest absolute Gasteiger partial charge is 0.338 e. The molecule has 0 amide bonds. The maximum absolute atomic E-state index is 13.6. The van der Waals surface area contributed by atoms with Crippen molar-refractivity contribution in [2.24, 2.45) is 0 Å². The molecular weight excluding hydrogens is 297 g/mol. The first-order chi connectivity index (χ1) is 11.1. The molecule has 0 radical (unpaired) electrons. The minimum absolute atomic E-state index is 0.276. The number of aromatic nitrogens is 4. The molecular formula is C16H18FN5O. The van der Waals surface area contributed by atoms with Crippen LogP contribution in [-0.4, -0.2) is 26.5 Å². The molecule has 0 bridgehead atoms. The van der Waals surface area contributed by atoms with Crippen LogP contribution in [-0.2, 0) is 13.1 Å². The van der Waals surface area contributed by atoms with Gasteiger partial charge >= 0.3 is 0 Å². The van der Waals surface area contributed by atoms with Crippen LogP contribution in [0.4, 0.5) is 4.39 Å². The standard InChI is InChI=1S/C16H18FN5O/c1-11-8-19-22(10-11)6-5-18-9-15-20-16(21-23-15)13-4-3-12(2)14(17)7-13/h3-4,7-8,10,18H,5-6,9H2,1-2H3. The molecule has 0 spiro atoms. The van der Waals surface area contributed by atoms with Gasteiger partial charge in [-0.2, -0.15) is 10.1 Å². The third-order valence-electron chi connectivity index (χ3n) is 3.45. The molecule has 1 N–H and O–H groups in total.